The molecule has 28 heavy (non-hydrogen) atoms. The molecule has 0 radical (unpaired) electrons. The lowest BCUT2D eigenvalue weighted by Gasteiger charge is -2.25. The highest BCUT2D eigenvalue weighted by molar-refractivity contribution is 6.32. The number of para-hydroxylation sites is 1. The van der Waals surface area contributed by atoms with Gasteiger partial charge >= 0.3 is 0 Å². The fourth-order valence-corrected chi connectivity index (χ4v) is 3.85. The van der Waals surface area contributed by atoms with Gasteiger partial charge in [-0.25, -0.2) is 0 Å². The summed E-state index contributed by atoms with van der Waals surface area (Å²) in [6.45, 7) is 2.18. The highest BCUT2D eigenvalue weighted by Gasteiger charge is 2.27. The number of benzene rings is 2. The van der Waals surface area contributed by atoms with Crippen LogP contribution < -0.4 is 15.0 Å². The normalized spacial score (nSPS) is 15.2. The average molecular weight is 394 g/mol. The van der Waals surface area contributed by atoms with E-state index in [9.17, 15) is 4.79 Å². The molecule has 6 heteroatoms. The van der Waals surface area contributed by atoms with Gasteiger partial charge in [0, 0.05) is 29.3 Å². The summed E-state index contributed by atoms with van der Waals surface area (Å²) in [5.41, 5.74) is 4.37. The number of aromatic nitrogens is 1. The summed E-state index contributed by atoms with van der Waals surface area (Å²) in [6.07, 6.45) is 2.64. The molecule has 2 aromatic carbocycles. The van der Waals surface area contributed by atoms with Gasteiger partial charge in [0.05, 0.1) is 12.1 Å². The van der Waals surface area contributed by atoms with Crippen molar-refractivity contribution in [2.45, 2.75) is 19.4 Å². The van der Waals surface area contributed by atoms with E-state index in [1.807, 2.05) is 18.2 Å². The minimum atomic E-state index is -0.289. The molecule has 3 aromatic rings. The van der Waals surface area contributed by atoms with Crippen molar-refractivity contribution < 1.29 is 9.53 Å². The van der Waals surface area contributed by atoms with Gasteiger partial charge in [-0.15, -0.1) is 0 Å². The van der Waals surface area contributed by atoms with Gasteiger partial charge in [0.1, 0.15) is 11.4 Å². The number of pyridine rings is 1. The molecule has 142 valence electrons. The van der Waals surface area contributed by atoms with Gasteiger partial charge in [0.25, 0.3) is 5.91 Å². The van der Waals surface area contributed by atoms with Crippen LogP contribution >= 0.6 is 11.6 Å². The van der Waals surface area contributed by atoms with Crippen LogP contribution in [0, 0.1) is 0 Å². The Morgan fingerprint density at radius 3 is 2.82 bits per heavy atom. The molecular formula is C22H20ClN3O2. The summed E-state index contributed by atoms with van der Waals surface area (Å²) in [5, 5.41) is 3.27. The van der Waals surface area contributed by atoms with Crippen molar-refractivity contribution in [2.24, 2.45) is 0 Å². The first-order valence-corrected chi connectivity index (χ1v) is 9.42. The molecule has 5 nitrogen and oxygen atoms in total. The second-order valence-corrected chi connectivity index (χ2v) is 7.16. The maximum Gasteiger partial charge on any atom is 0.274 e. The van der Waals surface area contributed by atoms with E-state index in [-0.39, 0.29) is 5.91 Å². The van der Waals surface area contributed by atoms with Gasteiger partial charge in [-0.05, 0) is 55.3 Å². The number of anilines is 3. The summed E-state index contributed by atoms with van der Waals surface area (Å²) >= 11 is 6.14. The molecule has 0 bridgehead atoms. The van der Waals surface area contributed by atoms with Crippen molar-refractivity contribution in [1.29, 1.82) is 0 Å². The molecule has 0 saturated carbocycles. The quantitative estimate of drug-likeness (QED) is 0.671. The molecule has 1 N–H and O–H groups in total. The molecule has 0 spiro atoms. The molecule has 1 aliphatic heterocycles. The van der Waals surface area contributed by atoms with Gasteiger partial charge in [-0.2, -0.15) is 0 Å². The van der Waals surface area contributed by atoms with Crippen LogP contribution in [0.15, 0.2) is 60.8 Å². The summed E-state index contributed by atoms with van der Waals surface area (Å²) < 4.78 is 5.14. The molecule has 0 fully saturated rings. The Hall–Kier alpha value is -3.05. The molecule has 1 atom stereocenters. The number of carbonyl (C=O) groups is 1. The first kappa shape index (κ1) is 18.3. The zero-order valence-electron chi connectivity index (χ0n) is 15.6. The lowest BCUT2D eigenvalue weighted by molar-refractivity contribution is 0.102. The highest BCUT2D eigenvalue weighted by Crippen LogP contribution is 2.38. The van der Waals surface area contributed by atoms with E-state index in [1.54, 1.807) is 31.5 Å². The van der Waals surface area contributed by atoms with Crippen LogP contribution in [0.1, 0.15) is 23.0 Å². The molecule has 0 saturated heterocycles. The van der Waals surface area contributed by atoms with Crippen LogP contribution in [0.2, 0.25) is 5.02 Å². The second kappa shape index (κ2) is 7.52. The maximum atomic E-state index is 12.7. The van der Waals surface area contributed by atoms with Crippen LogP contribution in [0.25, 0.3) is 0 Å². The number of hydrogen-bond donors (Lipinski definition) is 1. The topological polar surface area (TPSA) is 54.5 Å². The zero-order chi connectivity index (χ0) is 19.7. The summed E-state index contributed by atoms with van der Waals surface area (Å²) in [7, 11) is 1.55. The fourth-order valence-electron chi connectivity index (χ4n) is 3.59. The van der Waals surface area contributed by atoms with E-state index < -0.39 is 0 Å². The zero-order valence-corrected chi connectivity index (χ0v) is 16.4. The molecule has 1 unspecified atom stereocenters. The number of fused-ring (bicyclic) bond motifs is 1. The predicted molar refractivity (Wildman–Crippen MR) is 112 cm³/mol. The van der Waals surface area contributed by atoms with Crippen molar-refractivity contribution in [3.05, 3.63) is 77.1 Å². The van der Waals surface area contributed by atoms with Crippen LogP contribution in [-0.4, -0.2) is 24.0 Å². The molecule has 1 amide bonds. The Labute approximate surface area is 168 Å². The van der Waals surface area contributed by atoms with Crippen molar-refractivity contribution in [3.63, 3.8) is 0 Å². The van der Waals surface area contributed by atoms with Crippen molar-refractivity contribution in [1.82, 2.24) is 4.98 Å². The van der Waals surface area contributed by atoms with Crippen molar-refractivity contribution in [2.75, 3.05) is 17.3 Å². The van der Waals surface area contributed by atoms with E-state index in [2.05, 4.69) is 40.3 Å². The Morgan fingerprint density at radius 1 is 1.21 bits per heavy atom. The van der Waals surface area contributed by atoms with Crippen molar-refractivity contribution in [3.8, 4) is 5.75 Å². The number of halogens is 1. The fraction of sp³-hybridized carbons (Fsp3) is 0.182. The number of hydrogen-bond acceptors (Lipinski definition) is 4. The standard InChI is InChI=1S/C22H20ClN3O2/c1-14-11-15-5-3-4-6-20(15)26(14)17-9-10-24-19(13-17)22(27)25-16-7-8-21(28-2)18(23)12-16/h3-10,12-14H,11H2,1-2H3,(H,25,27). The Kier molecular flexibility index (Phi) is 4.92. The average Bonchev–Trinajstić information content (AvgIpc) is 3.04. The molecule has 0 aliphatic carbocycles. The number of methoxy groups -OCH3 is 1. The predicted octanol–water partition coefficient (Wildman–Crippen LogP) is 5.08. The highest BCUT2D eigenvalue weighted by atomic mass is 35.5. The van der Waals surface area contributed by atoms with Gasteiger partial charge in [-0.1, -0.05) is 29.8 Å². The van der Waals surface area contributed by atoms with E-state index in [0.29, 0.717) is 28.2 Å². The van der Waals surface area contributed by atoms with Gasteiger partial charge in [0.2, 0.25) is 0 Å². The first-order chi connectivity index (χ1) is 13.6. The Morgan fingerprint density at radius 2 is 2.04 bits per heavy atom. The Bertz CT molecular complexity index is 1040. The van der Waals surface area contributed by atoms with Crippen LogP contribution in [0.4, 0.5) is 17.1 Å². The lowest BCUT2D eigenvalue weighted by Crippen LogP contribution is -2.24. The molecule has 1 aliphatic rings. The van der Waals surface area contributed by atoms with Gasteiger partial charge in [0.15, 0.2) is 0 Å². The Balaban J connectivity index is 1.59. The third-order valence-electron chi connectivity index (χ3n) is 4.87. The number of nitrogens with one attached hydrogen (secondary N) is 1. The molecule has 2 heterocycles. The molecule has 4 rings (SSSR count). The number of amides is 1. The molecule has 1 aromatic heterocycles. The summed E-state index contributed by atoms with van der Waals surface area (Å²) in [6, 6.07) is 17.5. The lowest BCUT2D eigenvalue weighted by atomic mass is 10.1. The van der Waals surface area contributed by atoms with E-state index >= 15 is 0 Å². The van der Waals surface area contributed by atoms with Gasteiger partial charge in [-0.3, -0.25) is 9.78 Å². The second-order valence-electron chi connectivity index (χ2n) is 6.75. The smallest absolute Gasteiger partial charge is 0.274 e. The van der Waals surface area contributed by atoms with E-state index in [4.69, 9.17) is 16.3 Å². The third-order valence-corrected chi connectivity index (χ3v) is 5.17. The monoisotopic (exact) mass is 393 g/mol. The van der Waals surface area contributed by atoms with Crippen LogP contribution in [0.5, 0.6) is 5.75 Å². The van der Waals surface area contributed by atoms with Gasteiger partial charge < -0.3 is 15.0 Å². The number of ether oxygens (including phenoxy) is 1. The summed E-state index contributed by atoms with van der Waals surface area (Å²) in [5.74, 6) is 0.268. The van der Waals surface area contributed by atoms with E-state index in [0.717, 1.165) is 12.1 Å². The number of rotatable bonds is 4. The first-order valence-electron chi connectivity index (χ1n) is 9.05. The van der Waals surface area contributed by atoms with Crippen molar-refractivity contribution >= 4 is 34.6 Å². The minimum absolute atomic E-state index is 0.289. The maximum absolute atomic E-state index is 12.7. The largest absolute Gasteiger partial charge is 0.495 e. The SMILES string of the molecule is COc1ccc(NC(=O)c2cc(N3c4ccccc4CC3C)ccn2)cc1Cl. The van der Waals surface area contributed by atoms with Crippen LogP contribution in [0.3, 0.4) is 0 Å². The number of carbonyl (C=O) groups excluding carboxylic acids is 1. The summed E-state index contributed by atoms with van der Waals surface area (Å²) in [4.78, 5) is 19.2. The third kappa shape index (κ3) is 3.41. The minimum Gasteiger partial charge on any atom is -0.495 e. The number of nitrogens with zero attached hydrogens (tertiary/aromatic N) is 2. The van der Waals surface area contributed by atoms with Crippen LogP contribution in [-0.2, 0) is 6.42 Å². The van der Waals surface area contributed by atoms with E-state index in [1.165, 1.54) is 11.3 Å². The molecular weight excluding hydrogens is 374 g/mol.